The summed E-state index contributed by atoms with van der Waals surface area (Å²) < 4.78 is 33.3. The average Bonchev–Trinajstić information content (AvgIpc) is 3.16. The van der Waals surface area contributed by atoms with Gasteiger partial charge in [-0.25, -0.2) is 4.57 Å². The van der Waals surface area contributed by atoms with Gasteiger partial charge in [-0.05, 0) is 70.6 Å². The zero-order valence-electron chi connectivity index (χ0n) is 35.0. The van der Waals surface area contributed by atoms with Gasteiger partial charge < -0.3 is 25.2 Å². The molecule has 0 aromatic rings. The molecule has 0 aliphatic heterocycles. The number of unbranched alkanes of at least 4 members (excludes halogenated alkanes) is 22. The highest BCUT2D eigenvalue weighted by molar-refractivity contribution is 7.47. The minimum Gasteiger partial charge on any atom is -0.480 e. The number of nitrogens with two attached hydrogens (primary N) is 1. The van der Waals surface area contributed by atoms with Crippen molar-refractivity contribution in [3.8, 4) is 0 Å². The quantitative estimate of drug-likeness (QED) is 0.0235. The fraction of sp³-hybridized carbons (Fsp3) is 0.818. The zero-order valence-corrected chi connectivity index (χ0v) is 35.9. The number of allylic oxidation sites excluding steroid dienone is 6. The number of rotatable bonds is 42. The van der Waals surface area contributed by atoms with Crippen molar-refractivity contribution in [2.75, 3.05) is 26.4 Å². The van der Waals surface area contributed by atoms with E-state index in [0.29, 0.717) is 13.0 Å². The lowest BCUT2D eigenvalue weighted by atomic mass is 10.1. The molecular weight excluding hydrogens is 717 g/mol. The smallest absolute Gasteiger partial charge is 0.472 e. The molecule has 10 nitrogen and oxygen atoms in total. The maximum Gasteiger partial charge on any atom is 0.472 e. The van der Waals surface area contributed by atoms with Gasteiger partial charge in [0.25, 0.3) is 0 Å². The third-order valence-electron chi connectivity index (χ3n) is 9.39. The summed E-state index contributed by atoms with van der Waals surface area (Å²) in [5.74, 6) is -1.79. The number of phosphoric ester groups is 1. The maximum absolute atomic E-state index is 12.6. The first kappa shape index (κ1) is 53.2. The van der Waals surface area contributed by atoms with E-state index < -0.39 is 45.1 Å². The first-order chi connectivity index (χ1) is 26.7. The van der Waals surface area contributed by atoms with E-state index in [9.17, 15) is 19.0 Å². The summed E-state index contributed by atoms with van der Waals surface area (Å²) in [6.07, 6.45) is 44.8. The Balaban J connectivity index is 4.23. The number of carbonyl (C=O) groups excluding carboxylic acids is 1. The van der Waals surface area contributed by atoms with Gasteiger partial charge >= 0.3 is 19.8 Å². The first-order valence-electron chi connectivity index (χ1n) is 22.0. The van der Waals surface area contributed by atoms with E-state index in [1.165, 1.54) is 103 Å². The molecule has 0 aliphatic rings. The summed E-state index contributed by atoms with van der Waals surface area (Å²) in [6.45, 7) is 3.84. The van der Waals surface area contributed by atoms with Gasteiger partial charge in [0, 0.05) is 13.0 Å². The fourth-order valence-corrected chi connectivity index (χ4v) is 6.70. The number of carboxylic acid groups (broad SMARTS) is 1. The lowest BCUT2D eigenvalue weighted by molar-refractivity contribution is -0.154. The highest BCUT2D eigenvalue weighted by atomic mass is 31.2. The molecular formula is C44H82NO9P. The Bertz CT molecular complexity index is 1020. The number of hydrogen-bond acceptors (Lipinski definition) is 8. The molecule has 0 bridgehead atoms. The first-order valence-corrected chi connectivity index (χ1v) is 23.5. The van der Waals surface area contributed by atoms with Crippen LogP contribution in [0.5, 0.6) is 0 Å². The van der Waals surface area contributed by atoms with Crippen molar-refractivity contribution in [1.29, 1.82) is 0 Å². The number of esters is 1. The molecule has 322 valence electrons. The number of phosphoric acid groups is 1. The van der Waals surface area contributed by atoms with Crippen molar-refractivity contribution < 1.29 is 42.7 Å². The van der Waals surface area contributed by atoms with Crippen LogP contribution in [0.25, 0.3) is 0 Å². The van der Waals surface area contributed by atoms with E-state index >= 15 is 0 Å². The van der Waals surface area contributed by atoms with Gasteiger partial charge in [0.1, 0.15) is 12.1 Å². The topological polar surface area (TPSA) is 155 Å². The SMILES string of the molecule is CCCCCC/C=C\C/C=C\CCCCCCCCCCOCC(COP(=O)(O)OCC(N)C(=O)O)OC(=O)CCCCCCC/C=C\CCCCCCC. The van der Waals surface area contributed by atoms with Crippen molar-refractivity contribution in [1.82, 2.24) is 0 Å². The van der Waals surface area contributed by atoms with E-state index in [0.717, 1.165) is 64.2 Å². The van der Waals surface area contributed by atoms with Gasteiger partial charge in [-0.15, -0.1) is 0 Å². The highest BCUT2D eigenvalue weighted by Crippen LogP contribution is 2.43. The Morgan fingerprint density at radius 3 is 1.51 bits per heavy atom. The monoisotopic (exact) mass is 800 g/mol. The summed E-state index contributed by atoms with van der Waals surface area (Å²) in [6, 6.07) is -1.47. The lowest BCUT2D eigenvalue weighted by Crippen LogP contribution is -2.34. The lowest BCUT2D eigenvalue weighted by Gasteiger charge is -2.20. The van der Waals surface area contributed by atoms with Crippen LogP contribution in [0, 0.1) is 0 Å². The van der Waals surface area contributed by atoms with Gasteiger partial charge in [-0.2, -0.15) is 0 Å². The van der Waals surface area contributed by atoms with Gasteiger partial charge in [-0.3, -0.25) is 18.6 Å². The Morgan fingerprint density at radius 2 is 1.00 bits per heavy atom. The second kappa shape index (κ2) is 40.4. The molecule has 0 aromatic heterocycles. The Morgan fingerprint density at radius 1 is 0.582 bits per heavy atom. The number of carboxylic acids is 1. The largest absolute Gasteiger partial charge is 0.480 e. The fourth-order valence-electron chi connectivity index (χ4n) is 5.92. The van der Waals surface area contributed by atoms with Gasteiger partial charge in [0.05, 0.1) is 19.8 Å². The van der Waals surface area contributed by atoms with Crippen LogP contribution in [0.4, 0.5) is 0 Å². The van der Waals surface area contributed by atoms with Crippen LogP contribution in [0.3, 0.4) is 0 Å². The number of carbonyl (C=O) groups is 2. The number of ether oxygens (including phenoxy) is 2. The molecule has 0 radical (unpaired) electrons. The van der Waals surface area contributed by atoms with Crippen LogP contribution in [0.1, 0.15) is 194 Å². The molecule has 4 N–H and O–H groups in total. The predicted molar refractivity (Wildman–Crippen MR) is 226 cm³/mol. The molecule has 0 saturated carbocycles. The summed E-state index contributed by atoms with van der Waals surface area (Å²) in [4.78, 5) is 33.5. The molecule has 0 aromatic carbocycles. The molecule has 0 amide bonds. The normalized spacial score (nSPS) is 14.3. The standard InChI is InChI=1S/C44H82NO9P/c1-3-5-7-9-11-13-15-17-19-20-21-22-23-25-27-29-31-33-35-37-51-38-41(39-52-55(49,50)53-40-42(45)44(47)48)54-43(46)36-34-32-30-28-26-24-18-16-14-12-10-8-6-4-2/h13,15-16,18-20,41-42H,3-12,14,17,21-40,45H2,1-2H3,(H,47,48)(H,49,50)/b15-13-,18-16-,20-19-. The maximum atomic E-state index is 12.6. The van der Waals surface area contributed by atoms with Crippen molar-refractivity contribution in [3.05, 3.63) is 36.5 Å². The molecule has 0 spiro atoms. The van der Waals surface area contributed by atoms with Crippen LogP contribution < -0.4 is 5.73 Å². The minimum atomic E-state index is -4.62. The van der Waals surface area contributed by atoms with E-state index in [-0.39, 0.29) is 13.0 Å². The van der Waals surface area contributed by atoms with E-state index in [1.54, 1.807) is 0 Å². The molecule has 0 aliphatic carbocycles. The zero-order chi connectivity index (χ0) is 40.5. The number of aliphatic carboxylic acids is 1. The summed E-state index contributed by atoms with van der Waals surface area (Å²) in [5, 5.41) is 8.89. The van der Waals surface area contributed by atoms with Crippen LogP contribution in [0.15, 0.2) is 36.5 Å². The summed E-state index contributed by atoms with van der Waals surface area (Å²) >= 11 is 0. The van der Waals surface area contributed by atoms with Gasteiger partial charge in [0.15, 0.2) is 0 Å². The Labute approximate surface area is 336 Å². The van der Waals surface area contributed by atoms with E-state index in [2.05, 4.69) is 50.3 Å². The Kier molecular flexibility index (Phi) is 39.1. The third kappa shape index (κ3) is 40.2. The Hall–Kier alpha value is -1.81. The minimum absolute atomic E-state index is 0.0103. The molecule has 0 saturated heterocycles. The molecule has 0 heterocycles. The molecule has 3 atom stereocenters. The van der Waals surface area contributed by atoms with E-state index in [1.807, 2.05) is 0 Å². The van der Waals surface area contributed by atoms with Crippen LogP contribution >= 0.6 is 7.82 Å². The number of hydrogen-bond donors (Lipinski definition) is 3. The van der Waals surface area contributed by atoms with Gasteiger partial charge in [0.2, 0.25) is 0 Å². The molecule has 11 heteroatoms. The average molecular weight is 800 g/mol. The molecule has 0 fully saturated rings. The molecule has 55 heavy (non-hydrogen) atoms. The van der Waals surface area contributed by atoms with Crippen LogP contribution in [0.2, 0.25) is 0 Å². The van der Waals surface area contributed by atoms with Crippen LogP contribution in [-0.4, -0.2) is 60.5 Å². The van der Waals surface area contributed by atoms with Crippen molar-refractivity contribution >= 4 is 19.8 Å². The molecule has 0 rings (SSSR count). The molecule has 3 unspecified atom stereocenters. The summed E-state index contributed by atoms with van der Waals surface area (Å²) in [5.41, 5.74) is 5.35. The van der Waals surface area contributed by atoms with Crippen molar-refractivity contribution in [2.45, 2.75) is 206 Å². The van der Waals surface area contributed by atoms with Crippen molar-refractivity contribution in [3.63, 3.8) is 0 Å². The van der Waals surface area contributed by atoms with Gasteiger partial charge in [-0.1, -0.05) is 153 Å². The predicted octanol–water partition coefficient (Wildman–Crippen LogP) is 12.1. The summed E-state index contributed by atoms with van der Waals surface area (Å²) in [7, 11) is -4.62. The second-order valence-corrected chi connectivity index (χ2v) is 16.3. The van der Waals surface area contributed by atoms with Crippen molar-refractivity contribution in [2.24, 2.45) is 5.73 Å². The van der Waals surface area contributed by atoms with Crippen LogP contribution in [-0.2, 0) is 32.7 Å². The second-order valence-electron chi connectivity index (χ2n) is 14.8. The van der Waals surface area contributed by atoms with E-state index in [4.69, 9.17) is 29.4 Å². The highest BCUT2D eigenvalue weighted by Gasteiger charge is 2.27. The third-order valence-corrected chi connectivity index (χ3v) is 10.3.